The number of rotatable bonds is 7. The van der Waals surface area contributed by atoms with Gasteiger partial charge in [0.15, 0.2) is 17.2 Å². The van der Waals surface area contributed by atoms with Crippen molar-refractivity contribution in [2.24, 2.45) is 12.8 Å². The van der Waals surface area contributed by atoms with Crippen molar-refractivity contribution in [3.8, 4) is 11.5 Å². The van der Waals surface area contributed by atoms with E-state index >= 15 is 0 Å². The quantitative estimate of drug-likeness (QED) is 0.233. The summed E-state index contributed by atoms with van der Waals surface area (Å²) in [4.78, 5) is 30.8. The first-order valence-corrected chi connectivity index (χ1v) is 14.1. The third-order valence-corrected chi connectivity index (χ3v) is 6.95. The van der Waals surface area contributed by atoms with Gasteiger partial charge in [-0.1, -0.05) is 11.6 Å². The predicted molar refractivity (Wildman–Crippen MR) is 160 cm³/mol. The maximum Gasteiger partial charge on any atom is 0.416 e. The Morgan fingerprint density at radius 2 is 1.93 bits per heavy atom. The Morgan fingerprint density at radius 3 is 2.60 bits per heavy atom. The molecule has 45 heavy (non-hydrogen) atoms. The maximum atomic E-state index is 13.9. The molecule has 4 heterocycles. The lowest BCUT2D eigenvalue weighted by Gasteiger charge is -2.24. The molecule has 0 unspecified atom stereocenters. The number of nitrogens with zero attached hydrogens (tertiary/aromatic N) is 6. The highest BCUT2D eigenvalue weighted by molar-refractivity contribution is 6.36. The van der Waals surface area contributed by atoms with Gasteiger partial charge < -0.3 is 34.7 Å². The molecule has 12 nitrogen and oxygen atoms in total. The molecule has 1 amide bonds. The van der Waals surface area contributed by atoms with Crippen molar-refractivity contribution in [2.75, 3.05) is 18.4 Å². The van der Waals surface area contributed by atoms with E-state index in [4.69, 9.17) is 31.5 Å². The van der Waals surface area contributed by atoms with E-state index in [1.807, 2.05) is 0 Å². The summed E-state index contributed by atoms with van der Waals surface area (Å²) >= 11 is 6.66. The number of benzene rings is 1. The van der Waals surface area contributed by atoms with E-state index in [1.165, 1.54) is 46.5 Å². The molecule has 0 bridgehead atoms. The second kappa shape index (κ2) is 12.3. The van der Waals surface area contributed by atoms with E-state index in [-0.39, 0.29) is 46.1 Å². The van der Waals surface area contributed by atoms with E-state index in [0.717, 1.165) is 12.1 Å². The average Bonchev–Trinajstić information content (AvgIpc) is 3.56. The van der Waals surface area contributed by atoms with Crippen LogP contribution in [0, 0.1) is 0 Å². The number of imidazole rings is 1. The summed E-state index contributed by atoms with van der Waals surface area (Å²) in [5, 5.41) is 3.05. The lowest BCUT2D eigenvalue weighted by atomic mass is 10.1. The third-order valence-electron chi connectivity index (χ3n) is 6.58. The van der Waals surface area contributed by atoms with Gasteiger partial charge in [-0.2, -0.15) is 18.2 Å². The van der Waals surface area contributed by atoms with Crippen LogP contribution in [-0.2, 0) is 18.0 Å². The summed E-state index contributed by atoms with van der Waals surface area (Å²) in [6.07, 6.45) is 1.71. The fourth-order valence-corrected chi connectivity index (χ4v) is 4.85. The number of carbonyl (C=O) groups excluding carboxylic acids is 1. The zero-order valence-electron chi connectivity index (χ0n) is 24.7. The van der Waals surface area contributed by atoms with Gasteiger partial charge in [-0.3, -0.25) is 4.98 Å². The predicted octanol–water partition coefficient (Wildman–Crippen LogP) is 5.90. The zero-order valence-corrected chi connectivity index (χ0v) is 25.5. The van der Waals surface area contributed by atoms with Crippen LogP contribution in [0.1, 0.15) is 38.4 Å². The van der Waals surface area contributed by atoms with Crippen molar-refractivity contribution in [1.82, 2.24) is 29.4 Å². The Kier molecular flexibility index (Phi) is 8.65. The summed E-state index contributed by atoms with van der Waals surface area (Å²) in [5.74, 6) is 0.453. The average molecular weight is 647 g/mol. The molecular formula is C29H30ClF3N8O4. The molecule has 1 saturated heterocycles. The van der Waals surface area contributed by atoms with Gasteiger partial charge in [-0.05, 0) is 32.9 Å². The van der Waals surface area contributed by atoms with E-state index in [9.17, 15) is 18.0 Å². The van der Waals surface area contributed by atoms with Crippen LogP contribution in [-0.4, -0.2) is 60.3 Å². The maximum absolute atomic E-state index is 13.9. The van der Waals surface area contributed by atoms with Gasteiger partial charge >= 0.3 is 12.3 Å². The number of fused-ring (bicyclic) bond motifs is 1. The van der Waals surface area contributed by atoms with E-state index < -0.39 is 29.5 Å². The fraction of sp³-hybridized carbons (Fsp3) is 0.345. The van der Waals surface area contributed by atoms with Gasteiger partial charge in [-0.25, -0.2) is 14.8 Å². The topological polar surface area (TPSA) is 143 Å². The molecule has 0 saturated carbocycles. The van der Waals surface area contributed by atoms with Gasteiger partial charge in [0.2, 0.25) is 5.95 Å². The van der Waals surface area contributed by atoms with E-state index in [1.54, 1.807) is 27.8 Å². The smallest absolute Gasteiger partial charge is 0.416 e. The molecule has 3 N–H and O–H groups in total. The van der Waals surface area contributed by atoms with Crippen molar-refractivity contribution in [3.05, 3.63) is 65.5 Å². The van der Waals surface area contributed by atoms with Crippen LogP contribution in [0.2, 0.25) is 5.02 Å². The zero-order chi connectivity index (χ0) is 32.5. The number of amides is 1. The first kappa shape index (κ1) is 31.6. The van der Waals surface area contributed by atoms with Crippen LogP contribution in [0.5, 0.6) is 11.5 Å². The van der Waals surface area contributed by atoms with Crippen molar-refractivity contribution >= 4 is 46.3 Å². The number of ether oxygens (including phenoxy) is 3. The fourth-order valence-electron chi connectivity index (χ4n) is 4.55. The highest BCUT2D eigenvalue weighted by Crippen LogP contribution is 2.38. The van der Waals surface area contributed by atoms with Crippen LogP contribution >= 0.6 is 11.6 Å². The van der Waals surface area contributed by atoms with Crippen molar-refractivity contribution < 1.29 is 32.2 Å². The molecule has 5 rings (SSSR count). The van der Waals surface area contributed by atoms with Crippen molar-refractivity contribution in [2.45, 2.75) is 45.1 Å². The lowest BCUT2D eigenvalue weighted by molar-refractivity contribution is -0.137. The molecule has 1 atom stereocenters. The number of nitrogens with one attached hydrogen (secondary N) is 1. The minimum absolute atomic E-state index is 0.0286. The summed E-state index contributed by atoms with van der Waals surface area (Å²) < 4.78 is 60.4. The van der Waals surface area contributed by atoms with Crippen LogP contribution in [0.4, 0.5) is 29.6 Å². The summed E-state index contributed by atoms with van der Waals surface area (Å²) in [6.45, 7) is 5.79. The molecule has 16 heteroatoms. The molecule has 1 aromatic carbocycles. The number of nitrogens with two attached hydrogens (primary N) is 1. The summed E-state index contributed by atoms with van der Waals surface area (Å²) in [6, 6.07) is 3.28. The van der Waals surface area contributed by atoms with Gasteiger partial charge in [-0.15, -0.1) is 0 Å². The monoisotopic (exact) mass is 646 g/mol. The SMILES string of the molecule is Cn1c(Nc2cc(O[C@@H]3CCN(C(=O)OC(C)(C)C)C3)cc(C(F)(F)F)c2)nc2ncc(OC(=CN)c3cnccn3)c(Cl)c21. The van der Waals surface area contributed by atoms with Crippen LogP contribution < -0.4 is 20.5 Å². The number of anilines is 2. The Balaban J connectivity index is 1.39. The normalized spacial score (nSPS) is 15.8. The number of likely N-dealkylation sites (tertiary alicyclic amines) is 1. The molecule has 0 spiro atoms. The van der Waals surface area contributed by atoms with Gasteiger partial charge in [0.25, 0.3) is 0 Å². The second-order valence-corrected chi connectivity index (χ2v) is 11.5. The minimum atomic E-state index is -4.66. The molecular weight excluding hydrogens is 617 g/mol. The molecule has 4 aromatic rings. The standard InChI is InChI=1S/C29H30ClF3N8O4/c1-28(2,3)45-27(42)41-8-5-18(15-41)43-19-10-16(29(31,32)33)9-17(11-19)38-26-39-25-24(40(26)4)23(30)22(14-37-25)44-21(12-34)20-13-35-6-7-36-20/h6-7,9-14,18H,5,8,15,34H2,1-4H3,(H,37,38,39)/t18-/m1/s1. The Bertz CT molecular complexity index is 1740. The van der Waals surface area contributed by atoms with Crippen molar-refractivity contribution in [3.63, 3.8) is 0 Å². The van der Waals surface area contributed by atoms with Crippen LogP contribution in [0.3, 0.4) is 0 Å². The van der Waals surface area contributed by atoms with E-state index in [0.29, 0.717) is 24.2 Å². The van der Waals surface area contributed by atoms with Crippen LogP contribution in [0.25, 0.3) is 16.9 Å². The largest absolute Gasteiger partial charge is 0.488 e. The third kappa shape index (κ3) is 7.30. The number of halogens is 4. The highest BCUT2D eigenvalue weighted by atomic mass is 35.5. The summed E-state index contributed by atoms with van der Waals surface area (Å²) in [5.41, 5.74) is 5.10. The number of pyridine rings is 1. The summed E-state index contributed by atoms with van der Waals surface area (Å²) in [7, 11) is 1.62. The van der Waals surface area contributed by atoms with Crippen LogP contribution in [0.15, 0.2) is 49.2 Å². The molecule has 238 valence electrons. The number of hydrogen-bond donors (Lipinski definition) is 2. The van der Waals surface area contributed by atoms with Crippen molar-refractivity contribution in [1.29, 1.82) is 0 Å². The number of aryl methyl sites for hydroxylation is 1. The lowest BCUT2D eigenvalue weighted by Crippen LogP contribution is -2.36. The Labute approximate surface area is 261 Å². The number of carbonyl (C=O) groups is 1. The van der Waals surface area contributed by atoms with E-state index in [2.05, 4.69) is 25.3 Å². The molecule has 0 radical (unpaired) electrons. The van der Waals surface area contributed by atoms with Gasteiger partial charge in [0.1, 0.15) is 33.7 Å². The molecule has 0 aliphatic carbocycles. The Hall–Kier alpha value is -4.79. The van der Waals surface area contributed by atoms with Gasteiger partial charge in [0, 0.05) is 50.4 Å². The minimum Gasteiger partial charge on any atom is -0.488 e. The molecule has 1 aliphatic heterocycles. The highest BCUT2D eigenvalue weighted by Gasteiger charge is 2.34. The second-order valence-electron chi connectivity index (χ2n) is 11.2. The first-order chi connectivity index (χ1) is 21.2. The molecule has 1 fully saturated rings. The number of aromatic nitrogens is 5. The number of alkyl halides is 3. The van der Waals surface area contributed by atoms with Gasteiger partial charge in [0.05, 0.1) is 24.5 Å². The Morgan fingerprint density at radius 1 is 1.16 bits per heavy atom. The molecule has 3 aromatic heterocycles. The number of hydrogen-bond acceptors (Lipinski definition) is 10. The molecule has 1 aliphatic rings. The first-order valence-electron chi connectivity index (χ1n) is 13.7.